The second kappa shape index (κ2) is 6.46. The molecule has 1 aliphatic rings. The molecule has 2 aromatic heterocycles. The lowest BCUT2D eigenvalue weighted by molar-refractivity contribution is 0.164. The van der Waals surface area contributed by atoms with Gasteiger partial charge in [-0.1, -0.05) is 6.07 Å². The molecule has 0 bridgehead atoms. The van der Waals surface area contributed by atoms with Crippen LogP contribution in [-0.4, -0.2) is 39.8 Å². The van der Waals surface area contributed by atoms with E-state index in [1.807, 2.05) is 31.4 Å². The number of nitrogens with one attached hydrogen (secondary N) is 1. The zero-order valence-electron chi connectivity index (χ0n) is 12.8. The van der Waals surface area contributed by atoms with E-state index in [2.05, 4.69) is 38.2 Å². The Morgan fingerprint density at radius 1 is 1.36 bits per heavy atom. The third kappa shape index (κ3) is 2.84. The Balaban J connectivity index is 1.96. The number of hydrogen-bond donors (Lipinski definition) is 1. The van der Waals surface area contributed by atoms with Crippen molar-refractivity contribution in [3.8, 4) is 0 Å². The monoisotopic (exact) mass is 316 g/mol. The van der Waals surface area contributed by atoms with Crippen LogP contribution in [0.3, 0.4) is 0 Å². The first-order valence-electron chi connectivity index (χ1n) is 7.29. The number of aromatic nitrogens is 2. The van der Waals surface area contributed by atoms with Crippen molar-refractivity contribution in [1.29, 1.82) is 0 Å². The fourth-order valence-corrected chi connectivity index (χ4v) is 3.23. The van der Waals surface area contributed by atoms with Gasteiger partial charge in [0.2, 0.25) is 0 Å². The summed E-state index contributed by atoms with van der Waals surface area (Å²) in [5.41, 5.74) is 2.22. The second-order valence-corrected chi connectivity index (χ2v) is 5.81. The smallest absolute Gasteiger partial charge is 0.170 e. The summed E-state index contributed by atoms with van der Waals surface area (Å²) < 4.78 is 7.29. The third-order valence-electron chi connectivity index (χ3n) is 3.93. The standard InChI is InChI=1S/C16H20N4OS/c1-19-8-6-12(11-19)15-14(13-5-3-4-7-17-13)18-16(22)20(15)9-10-21-2/h3-8,11,14-15H,9-10H2,1-2H3,(H,18,22)/t14-,15-/m1/s1. The van der Waals surface area contributed by atoms with Gasteiger partial charge in [-0.05, 0) is 36.0 Å². The van der Waals surface area contributed by atoms with Crippen molar-refractivity contribution in [2.24, 2.45) is 7.05 Å². The number of ether oxygens (including phenoxy) is 1. The predicted octanol–water partition coefficient (Wildman–Crippen LogP) is 2.04. The lowest BCUT2D eigenvalue weighted by Crippen LogP contribution is -2.32. The Morgan fingerprint density at radius 3 is 2.86 bits per heavy atom. The molecular formula is C16H20N4OS. The van der Waals surface area contributed by atoms with E-state index >= 15 is 0 Å². The highest BCUT2D eigenvalue weighted by Crippen LogP contribution is 2.38. The molecule has 116 valence electrons. The van der Waals surface area contributed by atoms with Crippen LogP contribution in [0.2, 0.25) is 0 Å². The number of nitrogens with zero attached hydrogens (tertiary/aromatic N) is 3. The molecule has 6 heteroatoms. The molecule has 1 N–H and O–H groups in total. The minimum absolute atomic E-state index is 0.0490. The molecular weight excluding hydrogens is 296 g/mol. The fraction of sp³-hybridized carbons (Fsp3) is 0.375. The maximum atomic E-state index is 5.54. The summed E-state index contributed by atoms with van der Waals surface area (Å²) in [6, 6.07) is 8.28. The lowest BCUT2D eigenvalue weighted by Gasteiger charge is -2.26. The minimum Gasteiger partial charge on any atom is -0.383 e. The predicted molar refractivity (Wildman–Crippen MR) is 89.4 cm³/mol. The molecule has 0 unspecified atom stereocenters. The summed E-state index contributed by atoms with van der Waals surface area (Å²) in [6.45, 7) is 1.39. The number of thiocarbonyl (C=S) groups is 1. The second-order valence-electron chi connectivity index (χ2n) is 5.42. The first-order chi connectivity index (χ1) is 10.7. The number of rotatable bonds is 5. The Bertz CT molecular complexity index is 643. The number of methoxy groups -OCH3 is 1. The van der Waals surface area contributed by atoms with Crippen LogP contribution in [0.5, 0.6) is 0 Å². The largest absolute Gasteiger partial charge is 0.383 e. The zero-order chi connectivity index (χ0) is 15.5. The first kappa shape index (κ1) is 15.0. The maximum Gasteiger partial charge on any atom is 0.170 e. The van der Waals surface area contributed by atoms with E-state index in [1.165, 1.54) is 5.56 Å². The highest BCUT2D eigenvalue weighted by molar-refractivity contribution is 7.80. The van der Waals surface area contributed by atoms with E-state index in [-0.39, 0.29) is 12.1 Å². The SMILES string of the molecule is COCCN1C(=S)N[C@H](c2ccccn2)[C@H]1c1ccn(C)c1. The first-order valence-corrected chi connectivity index (χ1v) is 7.70. The topological polar surface area (TPSA) is 42.3 Å². The van der Waals surface area contributed by atoms with Crippen molar-refractivity contribution in [3.05, 3.63) is 54.1 Å². The van der Waals surface area contributed by atoms with Crippen molar-refractivity contribution in [2.45, 2.75) is 12.1 Å². The Kier molecular flexibility index (Phi) is 4.40. The maximum absolute atomic E-state index is 5.54. The van der Waals surface area contributed by atoms with Gasteiger partial charge in [0, 0.05) is 39.3 Å². The number of pyridine rings is 1. The van der Waals surface area contributed by atoms with E-state index in [9.17, 15) is 0 Å². The molecule has 1 fully saturated rings. The summed E-state index contributed by atoms with van der Waals surface area (Å²) in [4.78, 5) is 6.69. The van der Waals surface area contributed by atoms with Gasteiger partial charge < -0.3 is 19.5 Å². The van der Waals surface area contributed by atoms with Gasteiger partial charge in [0.05, 0.1) is 24.4 Å². The molecule has 2 aromatic rings. The average molecular weight is 316 g/mol. The molecule has 22 heavy (non-hydrogen) atoms. The van der Waals surface area contributed by atoms with Crippen LogP contribution < -0.4 is 5.32 Å². The van der Waals surface area contributed by atoms with Gasteiger partial charge in [-0.2, -0.15) is 0 Å². The van der Waals surface area contributed by atoms with Gasteiger partial charge in [-0.25, -0.2) is 0 Å². The van der Waals surface area contributed by atoms with E-state index in [0.29, 0.717) is 6.61 Å². The molecule has 0 aliphatic carbocycles. The van der Waals surface area contributed by atoms with Gasteiger partial charge >= 0.3 is 0 Å². The summed E-state index contributed by atoms with van der Waals surface area (Å²) >= 11 is 5.54. The minimum atomic E-state index is 0.0490. The van der Waals surface area contributed by atoms with Crippen LogP contribution in [0.1, 0.15) is 23.3 Å². The molecule has 5 nitrogen and oxygen atoms in total. The molecule has 1 aliphatic heterocycles. The van der Waals surface area contributed by atoms with Crippen LogP contribution in [0.25, 0.3) is 0 Å². The normalized spacial score (nSPS) is 21.2. The summed E-state index contributed by atoms with van der Waals surface area (Å²) in [7, 11) is 3.74. The van der Waals surface area contributed by atoms with Crippen LogP contribution >= 0.6 is 12.2 Å². The van der Waals surface area contributed by atoms with Gasteiger partial charge in [-0.3, -0.25) is 4.98 Å². The Labute approximate surface area is 135 Å². The molecule has 0 saturated carbocycles. The summed E-state index contributed by atoms with van der Waals surface area (Å²) in [5, 5.41) is 4.17. The molecule has 0 radical (unpaired) electrons. The third-order valence-corrected chi connectivity index (χ3v) is 4.28. The molecule has 1 saturated heterocycles. The number of hydrogen-bond acceptors (Lipinski definition) is 3. The molecule has 0 spiro atoms. The van der Waals surface area contributed by atoms with Crippen molar-refractivity contribution in [1.82, 2.24) is 19.8 Å². The Morgan fingerprint density at radius 2 is 2.23 bits per heavy atom. The molecule has 3 heterocycles. The van der Waals surface area contributed by atoms with Crippen LogP contribution in [-0.2, 0) is 11.8 Å². The van der Waals surface area contributed by atoms with Gasteiger partial charge in [0.1, 0.15) is 0 Å². The fourth-order valence-electron chi connectivity index (χ4n) is 2.90. The molecule has 2 atom stereocenters. The highest BCUT2D eigenvalue weighted by atomic mass is 32.1. The molecule has 0 amide bonds. The summed E-state index contributed by atoms with van der Waals surface area (Å²) in [6.07, 6.45) is 6.01. The van der Waals surface area contributed by atoms with Crippen molar-refractivity contribution >= 4 is 17.3 Å². The van der Waals surface area contributed by atoms with E-state index in [0.717, 1.165) is 17.4 Å². The van der Waals surface area contributed by atoms with Crippen molar-refractivity contribution < 1.29 is 4.74 Å². The van der Waals surface area contributed by atoms with Crippen LogP contribution in [0.15, 0.2) is 42.9 Å². The Hall–Kier alpha value is -1.92. The van der Waals surface area contributed by atoms with Gasteiger partial charge in [-0.15, -0.1) is 0 Å². The van der Waals surface area contributed by atoms with Gasteiger partial charge in [0.15, 0.2) is 5.11 Å². The van der Waals surface area contributed by atoms with E-state index in [4.69, 9.17) is 17.0 Å². The summed E-state index contributed by atoms with van der Waals surface area (Å²) in [5.74, 6) is 0. The van der Waals surface area contributed by atoms with Crippen molar-refractivity contribution in [3.63, 3.8) is 0 Å². The van der Waals surface area contributed by atoms with E-state index in [1.54, 1.807) is 7.11 Å². The molecule has 0 aromatic carbocycles. The van der Waals surface area contributed by atoms with Crippen LogP contribution in [0.4, 0.5) is 0 Å². The van der Waals surface area contributed by atoms with Crippen molar-refractivity contribution in [2.75, 3.05) is 20.3 Å². The average Bonchev–Trinajstić information content (AvgIpc) is 3.09. The van der Waals surface area contributed by atoms with E-state index < -0.39 is 0 Å². The zero-order valence-corrected chi connectivity index (χ0v) is 13.6. The number of aryl methyl sites for hydroxylation is 1. The van der Waals surface area contributed by atoms with Gasteiger partial charge in [0.25, 0.3) is 0 Å². The highest BCUT2D eigenvalue weighted by Gasteiger charge is 2.39. The lowest BCUT2D eigenvalue weighted by atomic mass is 9.99. The quantitative estimate of drug-likeness (QED) is 0.855. The van der Waals surface area contributed by atoms with Crippen LogP contribution in [0, 0.1) is 0 Å². The molecule has 3 rings (SSSR count).